The maximum atomic E-state index is 12.3. The molecule has 0 radical (unpaired) electrons. The third-order valence-electron chi connectivity index (χ3n) is 4.08. The molecule has 0 saturated carbocycles. The quantitative estimate of drug-likeness (QED) is 0.787. The number of rotatable bonds is 6. The highest BCUT2D eigenvalue weighted by Crippen LogP contribution is 2.17. The van der Waals surface area contributed by atoms with Gasteiger partial charge in [0.1, 0.15) is 12.4 Å². The number of amides is 1. The Labute approximate surface area is 151 Å². The zero-order valence-corrected chi connectivity index (χ0v) is 15.4. The molecule has 1 aliphatic rings. The lowest BCUT2D eigenvalue weighted by Crippen LogP contribution is -2.35. The Morgan fingerprint density at radius 1 is 1.42 bits per heavy atom. The van der Waals surface area contributed by atoms with Crippen molar-refractivity contribution in [2.24, 2.45) is 0 Å². The van der Waals surface area contributed by atoms with E-state index < -0.39 is 9.84 Å². The molecule has 1 fully saturated rings. The molecule has 26 heavy (non-hydrogen) atoms. The lowest BCUT2D eigenvalue weighted by molar-refractivity contribution is 0.0940. The Morgan fingerprint density at radius 3 is 2.92 bits per heavy atom. The third-order valence-corrected chi connectivity index (χ3v) is 5.85. The van der Waals surface area contributed by atoms with Crippen LogP contribution in [0, 0.1) is 0 Å². The first-order chi connectivity index (χ1) is 12.3. The van der Waals surface area contributed by atoms with E-state index in [4.69, 9.17) is 4.74 Å². The number of nitrogens with zero attached hydrogens (tertiary/aromatic N) is 4. The van der Waals surface area contributed by atoms with Gasteiger partial charge < -0.3 is 10.1 Å². The van der Waals surface area contributed by atoms with Crippen molar-refractivity contribution in [3.8, 4) is 5.75 Å². The summed E-state index contributed by atoms with van der Waals surface area (Å²) in [4.78, 5) is 12.3. The second-order valence-corrected chi connectivity index (χ2v) is 8.75. The van der Waals surface area contributed by atoms with Crippen molar-refractivity contribution in [1.82, 2.24) is 25.5 Å². The minimum Gasteiger partial charge on any atom is -0.486 e. The second-order valence-electron chi connectivity index (χ2n) is 6.52. The molecule has 1 aromatic carbocycles. The molecule has 9 nitrogen and oxygen atoms in total. The summed E-state index contributed by atoms with van der Waals surface area (Å²) in [5.74, 6) is 0.893. The summed E-state index contributed by atoms with van der Waals surface area (Å²) in [6.45, 7) is 4.11. The number of nitrogens with one attached hydrogen (secondary N) is 1. The van der Waals surface area contributed by atoms with Gasteiger partial charge in [-0.25, -0.2) is 13.1 Å². The fourth-order valence-electron chi connectivity index (χ4n) is 2.76. The van der Waals surface area contributed by atoms with Gasteiger partial charge in [-0.05, 0) is 48.9 Å². The van der Waals surface area contributed by atoms with Crippen molar-refractivity contribution in [3.63, 3.8) is 0 Å². The van der Waals surface area contributed by atoms with Gasteiger partial charge in [-0.15, -0.1) is 5.10 Å². The molecular formula is C16H21N5O4S. The van der Waals surface area contributed by atoms with Crippen LogP contribution in [0.15, 0.2) is 24.3 Å². The molecule has 1 atom stereocenters. The molecule has 140 valence electrons. The summed E-state index contributed by atoms with van der Waals surface area (Å²) in [5, 5.41) is 14.2. The summed E-state index contributed by atoms with van der Waals surface area (Å²) < 4.78 is 30.4. The van der Waals surface area contributed by atoms with Gasteiger partial charge in [0.05, 0.1) is 17.5 Å². The molecule has 1 saturated heterocycles. The van der Waals surface area contributed by atoms with Crippen molar-refractivity contribution < 1.29 is 17.9 Å². The molecule has 2 heterocycles. The van der Waals surface area contributed by atoms with Crippen LogP contribution in [0.5, 0.6) is 5.75 Å². The van der Waals surface area contributed by atoms with E-state index in [1.807, 2.05) is 13.8 Å². The van der Waals surface area contributed by atoms with Gasteiger partial charge in [-0.3, -0.25) is 4.79 Å². The third kappa shape index (κ3) is 4.37. The Morgan fingerprint density at radius 2 is 2.23 bits per heavy atom. The summed E-state index contributed by atoms with van der Waals surface area (Å²) in [5.41, 5.74) is 0.412. The van der Waals surface area contributed by atoms with Gasteiger partial charge in [0, 0.05) is 11.6 Å². The predicted molar refractivity (Wildman–Crippen MR) is 93.5 cm³/mol. The fourth-order valence-corrected chi connectivity index (χ4v) is 4.43. The van der Waals surface area contributed by atoms with Crippen molar-refractivity contribution in [3.05, 3.63) is 35.7 Å². The van der Waals surface area contributed by atoms with Crippen LogP contribution in [0.25, 0.3) is 0 Å². The number of benzene rings is 1. The van der Waals surface area contributed by atoms with E-state index in [-0.39, 0.29) is 36.1 Å². The maximum absolute atomic E-state index is 12.3. The van der Waals surface area contributed by atoms with Gasteiger partial charge in [-0.1, -0.05) is 6.07 Å². The summed E-state index contributed by atoms with van der Waals surface area (Å²) in [6.07, 6.45) is 0.447. The lowest BCUT2D eigenvalue weighted by atomic mass is 10.2. The van der Waals surface area contributed by atoms with Gasteiger partial charge in [0.25, 0.3) is 5.91 Å². The van der Waals surface area contributed by atoms with Crippen LogP contribution in [0.4, 0.5) is 0 Å². The lowest BCUT2D eigenvalue weighted by Gasteiger charge is -2.12. The summed E-state index contributed by atoms with van der Waals surface area (Å²) in [6, 6.07) is 6.49. The van der Waals surface area contributed by atoms with Gasteiger partial charge >= 0.3 is 0 Å². The van der Waals surface area contributed by atoms with Gasteiger partial charge in [0.2, 0.25) is 0 Å². The minimum absolute atomic E-state index is 0.00715. The number of hydrogen-bond donors (Lipinski definition) is 1. The van der Waals surface area contributed by atoms with E-state index in [0.29, 0.717) is 23.6 Å². The van der Waals surface area contributed by atoms with Crippen LogP contribution in [0.1, 0.15) is 42.5 Å². The average molecular weight is 379 g/mol. The van der Waals surface area contributed by atoms with Crippen molar-refractivity contribution in [2.75, 3.05) is 11.5 Å². The van der Waals surface area contributed by atoms with Crippen molar-refractivity contribution >= 4 is 15.7 Å². The molecule has 1 aromatic heterocycles. The summed E-state index contributed by atoms with van der Waals surface area (Å²) >= 11 is 0. The molecular weight excluding hydrogens is 358 g/mol. The fraction of sp³-hybridized carbons (Fsp3) is 0.500. The molecule has 10 heteroatoms. The van der Waals surface area contributed by atoms with Gasteiger partial charge in [0.15, 0.2) is 15.7 Å². The first-order valence-electron chi connectivity index (χ1n) is 8.35. The van der Waals surface area contributed by atoms with Crippen LogP contribution in [-0.2, 0) is 16.4 Å². The van der Waals surface area contributed by atoms with Crippen LogP contribution < -0.4 is 10.1 Å². The Kier molecular flexibility index (Phi) is 5.21. The molecule has 2 aromatic rings. The van der Waals surface area contributed by atoms with Crippen molar-refractivity contribution in [1.29, 1.82) is 0 Å². The second kappa shape index (κ2) is 7.40. The molecule has 1 unspecified atom stereocenters. The highest BCUT2D eigenvalue weighted by molar-refractivity contribution is 7.91. The molecule has 0 spiro atoms. The van der Waals surface area contributed by atoms with E-state index in [0.717, 1.165) is 0 Å². The molecule has 0 bridgehead atoms. The van der Waals surface area contributed by atoms with Crippen LogP contribution in [0.3, 0.4) is 0 Å². The van der Waals surface area contributed by atoms with Crippen molar-refractivity contribution in [2.45, 2.75) is 39.0 Å². The van der Waals surface area contributed by atoms with E-state index in [2.05, 4.69) is 20.8 Å². The first-order valence-corrected chi connectivity index (χ1v) is 10.2. The Bertz CT molecular complexity index is 894. The maximum Gasteiger partial charge on any atom is 0.251 e. The monoisotopic (exact) mass is 379 g/mol. The number of carbonyl (C=O) groups excluding carboxylic acids is 1. The van der Waals surface area contributed by atoms with E-state index >= 15 is 0 Å². The SMILES string of the molecule is CC(C)n1nnnc1COc1cccc(C(=O)NC2CCS(=O)(=O)C2)c1. The average Bonchev–Trinajstić information content (AvgIpc) is 3.19. The number of sulfone groups is 1. The van der Waals surface area contributed by atoms with Crippen LogP contribution in [0.2, 0.25) is 0 Å². The van der Waals surface area contributed by atoms with E-state index in [9.17, 15) is 13.2 Å². The van der Waals surface area contributed by atoms with Gasteiger partial charge in [-0.2, -0.15) is 0 Å². The van der Waals surface area contributed by atoms with E-state index in [1.54, 1.807) is 28.9 Å². The highest BCUT2D eigenvalue weighted by Gasteiger charge is 2.29. The molecule has 1 aliphatic heterocycles. The molecule has 1 N–H and O–H groups in total. The first kappa shape index (κ1) is 18.3. The Hall–Kier alpha value is -2.49. The van der Waals surface area contributed by atoms with E-state index in [1.165, 1.54) is 0 Å². The number of aromatic nitrogens is 4. The largest absolute Gasteiger partial charge is 0.486 e. The Balaban J connectivity index is 1.62. The standard InChI is InChI=1S/C16H21N5O4S/c1-11(2)21-15(18-19-20-21)9-25-14-5-3-4-12(8-14)16(22)17-13-6-7-26(23,24)10-13/h3-5,8,11,13H,6-7,9-10H2,1-2H3,(H,17,22). The smallest absolute Gasteiger partial charge is 0.251 e. The minimum atomic E-state index is -3.04. The zero-order valence-electron chi connectivity index (χ0n) is 14.6. The predicted octanol–water partition coefficient (Wildman–Crippen LogP) is 0.750. The molecule has 3 rings (SSSR count). The van der Waals surface area contributed by atoms with Crippen LogP contribution >= 0.6 is 0 Å². The topological polar surface area (TPSA) is 116 Å². The zero-order chi connectivity index (χ0) is 18.7. The summed E-state index contributed by atoms with van der Waals surface area (Å²) in [7, 11) is -3.04. The molecule has 1 amide bonds. The molecule has 0 aliphatic carbocycles. The number of ether oxygens (including phenoxy) is 1. The number of hydrogen-bond acceptors (Lipinski definition) is 7. The number of tetrazole rings is 1. The normalized spacial score (nSPS) is 18.8. The number of carbonyl (C=O) groups is 1. The van der Waals surface area contributed by atoms with Crippen LogP contribution in [-0.4, -0.2) is 52.1 Å². The highest BCUT2D eigenvalue weighted by atomic mass is 32.2.